The third-order valence-corrected chi connectivity index (χ3v) is 6.69. The van der Waals surface area contributed by atoms with Crippen molar-refractivity contribution in [1.82, 2.24) is 9.13 Å². The van der Waals surface area contributed by atoms with E-state index in [-0.39, 0.29) is 24.8 Å². The molecule has 212 valence electrons. The van der Waals surface area contributed by atoms with Crippen LogP contribution in [0.15, 0.2) is 37.4 Å². The van der Waals surface area contributed by atoms with Gasteiger partial charge in [0.25, 0.3) is 0 Å². The molecule has 2 aromatic rings. The maximum Gasteiger partial charge on any atom is 0.243 e. The molecular formula is C30H58Cl2N4. The summed E-state index contributed by atoms with van der Waals surface area (Å²) in [6.45, 7) is 6.91. The highest BCUT2D eigenvalue weighted by Crippen LogP contribution is 2.11. The number of rotatable bonds is 20. The Kier molecular flexibility index (Phi) is 27.9. The van der Waals surface area contributed by atoms with Crippen LogP contribution in [-0.2, 0) is 27.2 Å². The molecule has 0 spiro atoms. The molecule has 0 unspecified atom stereocenters. The SMILES string of the molecule is CCCCCCCCCCCCn1cc[n+](C)c1.CCCCCCCCCCn1cc[n+](C)c1.[Cl-].[Cl-]. The van der Waals surface area contributed by atoms with Gasteiger partial charge in [-0.2, -0.15) is 0 Å². The van der Waals surface area contributed by atoms with E-state index < -0.39 is 0 Å². The molecule has 0 N–H and O–H groups in total. The lowest BCUT2D eigenvalue weighted by molar-refractivity contribution is -0.671. The van der Waals surface area contributed by atoms with Gasteiger partial charge in [0.2, 0.25) is 12.7 Å². The number of imidazole rings is 2. The summed E-state index contributed by atoms with van der Waals surface area (Å²) in [4.78, 5) is 0. The Balaban J connectivity index is 0. The van der Waals surface area contributed by atoms with E-state index in [9.17, 15) is 0 Å². The van der Waals surface area contributed by atoms with Gasteiger partial charge in [0.05, 0.1) is 27.2 Å². The zero-order valence-corrected chi connectivity index (χ0v) is 25.7. The average Bonchev–Trinajstić information content (AvgIpc) is 3.44. The molecule has 0 aliphatic carbocycles. The Bertz CT molecular complexity index is 684. The van der Waals surface area contributed by atoms with E-state index in [1.165, 1.54) is 129 Å². The summed E-state index contributed by atoms with van der Waals surface area (Å²) in [7, 11) is 4.15. The van der Waals surface area contributed by atoms with Crippen molar-refractivity contribution in [2.24, 2.45) is 14.1 Å². The Morgan fingerprint density at radius 1 is 0.444 bits per heavy atom. The number of unbranched alkanes of at least 4 members (excludes halogenated alkanes) is 16. The summed E-state index contributed by atoms with van der Waals surface area (Å²) in [5.41, 5.74) is 0. The molecule has 0 aliphatic rings. The smallest absolute Gasteiger partial charge is 0.243 e. The zero-order chi connectivity index (χ0) is 24.7. The predicted molar refractivity (Wildman–Crippen MR) is 146 cm³/mol. The number of aromatic nitrogens is 4. The van der Waals surface area contributed by atoms with Gasteiger partial charge >= 0.3 is 0 Å². The molecule has 6 heteroatoms. The largest absolute Gasteiger partial charge is 1.00 e. The molecule has 0 amide bonds. The second-order valence-corrected chi connectivity index (χ2v) is 10.3. The van der Waals surface area contributed by atoms with Crippen molar-refractivity contribution < 1.29 is 33.9 Å². The first-order valence-electron chi connectivity index (χ1n) is 14.7. The lowest BCUT2D eigenvalue weighted by Crippen LogP contribution is -3.00. The predicted octanol–water partition coefficient (Wildman–Crippen LogP) is 1.69. The first kappa shape index (κ1) is 37.2. The molecule has 36 heavy (non-hydrogen) atoms. The Hall–Kier alpha value is -1.00. The van der Waals surface area contributed by atoms with Crippen molar-refractivity contribution in [1.29, 1.82) is 0 Å². The normalized spacial score (nSPS) is 10.3. The van der Waals surface area contributed by atoms with Gasteiger partial charge in [-0.25, -0.2) is 18.3 Å². The second kappa shape index (κ2) is 27.0. The van der Waals surface area contributed by atoms with Crippen LogP contribution < -0.4 is 33.9 Å². The third kappa shape index (κ3) is 22.2. The van der Waals surface area contributed by atoms with Crippen molar-refractivity contribution in [3.05, 3.63) is 37.4 Å². The molecule has 4 nitrogen and oxygen atoms in total. The van der Waals surface area contributed by atoms with Crippen LogP contribution in [0.25, 0.3) is 0 Å². The summed E-state index contributed by atoms with van der Waals surface area (Å²) in [6.07, 6.45) is 38.2. The van der Waals surface area contributed by atoms with Crippen LogP contribution in [0.4, 0.5) is 0 Å². The molecule has 0 atom stereocenters. The molecule has 0 aromatic carbocycles. The fourth-order valence-corrected chi connectivity index (χ4v) is 4.48. The highest BCUT2D eigenvalue weighted by Gasteiger charge is 2.00. The van der Waals surface area contributed by atoms with E-state index in [0.29, 0.717) is 0 Å². The first-order chi connectivity index (χ1) is 16.7. The van der Waals surface area contributed by atoms with E-state index in [1.54, 1.807) is 0 Å². The number of hydrogen-bond acceptors (Lipinski definition) is 0. The van der Waals surface area contributed by atoms with Crippen molar-refractivity contribution >= 4 is 0 Å². The molecule has 0 radical (unpaired) electrons. The van der Waals surface area contributed by atoms with Crippen LogP contribution in [0, 0.1) is 0 Å². The van der Waals surface area contributed by atoms with E-state index in [4.69, 9.17) is 0 Å². The quantitative estimate of drug-likeness (QED) is 0.178. The monoisotopic (exact) mass is 544 g/mol. The van der Waals surface area contributed by atoms with Crippen LogP contribution >= 0.6 is 0 Å². The van der Waals surface area contributed by atoms with Crippen LogP contribution in [0.5, 0.6) is 0 Å². The highest BCUT2D eigenvalue weighted by molar-refractivity contribution is 4.66. The molecule has 2 aromatic heterocycles. The maximum atomic E-state index is 2.28. The van der Waals surface area contributed by atoms with Gasteiger partial charge in [-0.15, -0.1) is 0 Å². The lowest BCUT2D eigenvalue weighted by atomic mass is 10.1. The summed E-state index contributed by atoms with van der Waals surface area (Å²) >= 11 is 0. The van der Waals surface area contributed by atoms with Gasteiger partial charge in [0.15, 0.2) is 0 Å². The molecule has 0 aliphatic heterocycles. The topological polar surface area (TPSA) is 17.6 Å². The molecule has 0 saturated heterocycles. The van der Waals surface area contributed by atoms with Crippen LogP contribution in [-0.4, -0.2) is 9.13 Å². The van der Waals surface area contributed by atoms with Gasteiger partial charge in [0.1, 0.15) is 24.8 Å². The van der Waals surface area contributed by atoms with Gasteiger partial charge < -0.3 is 24.8 Å². The Morgan fingerprint density at radius 3 is 0.972 bits per heavy atom. The van der Waals surface area contributed by atoms with Crippen molar-refractivity contribution in [3.8, 4) is 0 Å². The average molecular weight is 546 g/mol. The molecule has 2 heterocycles. The standard InChI is InChI=1S/C16H31N2.C14H27N2.2ClH/c1-3-4-5-6-7-8-9-10-11-12-13-18-15-14-17(2)16-18;1-3-4-5-6-7-8-9-10-11-16-13-12-15(2)14-16;;/h14-16H,3-13H2,1-2H3;12-14H,3-11H2,1-2H3;2*1H/q2*+1;;/p-2. The molecule has 2 rings (SSSR count). The Labute approximate surface area is 236 Å². The van der Waals surface area contributed by atoms with Crippen LogP contribution in [0.3, 0.4) is 0 Å². The van der Waals surface area contributed by atoms with Gasteiger partial charge in [-0.3, -0.25) is 0 Å². The van der Waals surface area contributed by atoms with Gasteiger partial charge in [-0.1, -0.05) is 104 Å². The minimum atomic E-state index is 0. The highest BCUT2D eigenvalue weighted by atomic mass is 35.5. The fourth-order valence-electron chi connectivity index (χ4n) is 4.48. The zero-order valence-electron chi connectivity index (χ0n) is 24.2. The van der Waals surface area contributed by atoms with E-state index in [0.717, 1.165) is 0 Å². The first-order valence-corrected chi connectivity index (χ1v) is 14.7. The molecule has 0 bridgehead atoms. The van der Waals surface area contributed by atoms with Crippen molar-refractivity contribution in [2.45, 2.75) is 143 Å². The molecule has 0 saturated carbocycles. The van der Waals surface area contributed by atoms with E-state index in [2.05, 4.69) is 83.7 Å². The molecular weight excluding hydrogens is 487 g/mol. The van der Waals surface area contributed by atoms with Crippen LogP contribution in [0.1, 0.15) is 129 Å². The summed E-state index contributed by atoms with van der Waals surface area (Å²) in [5.74, 6) is 0. The number of halogens is 2. The van der Waals surface area contributed by atoms with Gasteiger partial charge in [-0.05, 0) is 25.7 Å². The minimum Gasteiger partial charge on any atom is -1.00 e. The van der Waals surface area contributed by atoms with Crippen LogP contribution in [0.2, 0.25) is 0 Å². The number of hydrogen-bond donors (Lipinski definition) is 0. The summed E-state index contributed by atoms with van der Waals surface area (Å²) in [5, 5.41) is 0. The molecule has 0 fully saturated rings. The number of nitrogens with zero attached hydrogens (tertiary/aromatic N) is 4. The van der Waals surface area contributed by atoms with E-state index >= 15 is 0 Å². The van der Waals surface area contributed by atoms with Gasteiger partial charge in [0, 0.05) is 0 Å². The fraction of sp³-hybridized carbons (Fsp3) is 0.800. The summed E-state index contributed by atoms with van der Waals surface area (Å²) < 4.78 is 8.77. The number of aryl methyl sites for hydroxylation is 4. The second-order valence-electron chi connectivity index (χ2n) is 10.3. The minimum absolute atomic E-state index is 0. The van der Waals surface area contributed by atoms with Crippen molar-refractivity contribution in [3.63, 3.8) is 0 Å². The van der Waals surface area contributed by atoms with E-state index in [1.807, 2.05) is 0 Å². The third-order valence-electron chi connectivity index (χ3n) is 6.69. The Morgan fingerprint density at radius 2 is 0.722 bits per heavy atom. The summed E-state index contributed by atoms with van der Waals surface area (Å²) in [6, 6.07) is 0. The lowest BCUT2D eigenvalue weighted by Gasteiger charge is -2.01. The van der Waals surface area contributed by atoms with Crippen molar-refractivity contribution in [2.75, 3.05) is 0 Å². The maximum absolute atomic E-state index is 2.28.